The van der Waals surface area contributed by atoms with Crippen LogP contribution in [-0.2, 0) is 0 Å². The molecule has 0 aliphatic heterocycles. The Morgan fingerprint density at radius 1 is 1.18 bits per heavy atom. The zero-order chi connectivity index (χ0) is 12.4. The maximum Gasteiger partial charge on any atom is 0.138 e. The number of hydrogen-bond acceptors (Lipinski definition) is 3. The van der Waals surface area contributed by atoms with Gasteiger partial charge < -0.3 is 4.74 Å². The lowest BCUT2D eigenvalue weighted by Gasteiger charge is -2.08. The Hall–Kier alpha value is -1.32. The Morgan fingerprint density at radius 3 is 2.59 bits per heavy atom. The highest BCUT2D eigenvalue weighted by molar-refractivity contribution is 6.36. The molecule has 0 amide bonds. The number of ether oxygens (including phenoxy) is 1. The molecule has 0 aliphatic carbocycles. The number of hydrogen-bond donors (Lipinski definition) is 0. The number of methoxy groups -OCH3 is 1. The number of aryl methyl sites for hydroxylation is 1. The van der Waals surface area contributed by atoms with Gasteiger partial charge in [0.25, 0.3) is 0 Å². The Labute approximate surface area is 109 Å². The van der Waals surface area contributed by atoms with Gasteiger partial charge in [0.1, 0.15) is 11.6 Å². The summed E-state index contributed by atoms with van der Waals surface area (Å²) >= 11 is 12.2. The Bertz CT molecular complexity index is 558. The second kappa shape index (κ2) is 4.90. The van der Waals surface area contributed by atoms with Crippen LogP contribution in [0.15, 0.2) is 24.4 Å². The number of nitrogens with zero attached hydrogens (tertiary/aromatic N) is 2. The maximum absolute atomic E-state index is 6.17. The van der Waals surface area contributed by atoms with Crippen molar-refractivity contribution in [3.05, 3.63) is 40.3 Å². The predicted molar refractivity (Wildman–Crippen MR) is 68.8 cm³/mol. The van der Waals surface area contributed by atoms with Crippen molar-refractivity contribution in [1.29, 1.82) is 0 Å². The van der Waals surface area contributed by atoms with Gasteiger partial charge in [0.05, 0.1) is 22.8 Å². The number of halogens is 2. The van der Waals surface area contributed by atoms with Crippen molar-refractivity contribution < 1.29 is 4.74 Å². The van der Waals surface area contributed by atoms with Gasteiger partial charge in [-0.05, 0) is 19.1 Å². The smallest absolute Gasteiger partial charge is 0.138 e. The second-order valence-electron chi connectivity index (χ2n) is 3.46. The summed E-state index contributed by atoms with van der Waals surface area (Å²) in [7, 11) is 1.55. The van der Waals surface area contributed by atoms with Crippen LogP contribution < -0.4 is 4.74 Å². The predicted octanol–water partition coefficient (Wildman–Crippen LogP) is 3.77. The summed E-state index contributed by atoms with van der Waals surface area (Å²) in [6, 6.07) is 5.21. The summed E-state index contributed by atoms with van der Waals surface area (Å²) in [4.78, 5) is 8.35. The van der Waals surface area contributed by atoms with Gasteiger partial charge in [0.2, 0.25) is 0 Å². The van der Waals surface area contributed by atoms with E-state index in [4.69, 9.17) is 27.9 Å². The van der Waals surface area contributed by atoms with Crippen molar-refractivity contribution in [3.8, 4) is 17.0 Å². The van der Waals surface area contributed by atoms with Gasteiger partial charge in [-0.3, -0.25) is 0 Å². The Morgan fingerprint density at radius 2 is 1.94 bits per heavy atom. The van der Waals surface area contributed by atoms with E-state index < -0.39 is 0 Å². The molecule has 1 heterocycles. The van der Waals surface area contributed by atoms with Crippen LogP contribution in [0.5, 0.6) is 5.75 Å². The minimum Gasteiger partial charge on any atom is -0.495 e. The molecule has 88 valence electrons. The van der Waals surface area contributed by atoms with E-state index in [2.05, 4.69) is 9.97 Å². The van der Waals surface area contributed by atoms with Crippen molar-refractivity contribution in [2.75, 3.05) is 7.11 Å². The molecule has 0 aliphatic rings. The molecule has 0 saturated heterocycles. The topological polar surface area (TPSA) is 35.0 Å². The molecule has 0 fully saturated rings. The van der Waals surface area contributed by atoms with E-state index in [0.717, 1.165) is 11.3 Å². The molecule has 0 N–H and O–H groups in total. The molecule has 3 nitrogen and oxygen atoms in total. The second-order valence-corrected chi connectivity index (χ2v) is 4.27. The van der Waals surface area contributed by atoms with Crippen LogP contribution >= 0.6 is 23.2 Å². The molecule has 2 rings (SSSR count). The van der Waals surface area contributed by atoms with Crippen LogP contribution in [0.3, 0.4) is 0 Å². The molecule has 1 aromatic carbocycles. The average Bonchev–Trinajstić information content (AvgIpc) is 2.31. The monoisotopic (exact) mass is 268 g/mol. The third-order valence-electron chi connectivity index (χ3n) is 2.29. The fraction of sp³-hybridized carbons (Fsp3) is 0.167. The highest BCUT2D eigenvalue weighted by atomic mass is 35.5. The molecule has 1 aromatic heterocycles. The fourth-order valence-corrected chi connectivity index (χ4v) is 1.98. The van der Waals surface area contributed by atoms with Crippen LogP contribution in [0.25, 0.3) is 11.3 Å². The molecule has 0 bridgehead atoms. The summed E-state index contributed by atoms with van der Waals surface area (Å²) in [5.74, 6) is 1.23. The molecule has 0 unspecified atom stereocenters. The van der Waals surface area contributed by atoms with E-state index in [1.54, 1.807) is 31.5 Å². The summed E-state index contributed by atoms with van der Waals surface area (Å²) in [6.45, 7) is 1.82. The summed E-state index contributed by atoms with van der Waals surface area (Å²) in [5.41, 5.74) is 1.51. The van der Waals surface area contributed by atoms with Crippen LogP contribution in [-0.4, -0.2) is 17.1 Å². The molecule has 0 spiro atoms. The standard InChI is InChI=1S/C12H10Cl2N2O/c1-7-15-4-3-11(16-7)8-5-10(14)12(17-2)6-9(8)13/h3-6H,1-2H3. The first-order valence-corrected chi connectivity index (χ1v) is 5.70. The van der Waals surface area contributed by atoms with E-state index in [9.17, 15) is 0 Å². The van der Waals surface area contributed by atoms with Crippen molar-refractivity contribution in [2.45, 2.75) is 6.92 Å². The zero-order valence-corrected chi connectivity index (χ0v) is 10.9. The lowest BCUT2D eigenvalue weighted by Crippen LogP contribution is -1.92. The van der Waals surface area contributed by atoms with Crippen molar-refractivity contribution in [2.24, 2.45) is 0 Å². The number of benzene rings is 1. The minimum absolute atomic E-state index is 0.503. The van der Waals surface area contributed by atoms with E-state index in [0.29, 0.717) is 21.6 Å². The average molecular weight is 269 g/mol. The van der Waals surface area contributed by atoms with Gasteiger partial charge in [-0.2, -0.15) is 0 Å². The van der Waals surface area contributed by atoms with Gasteiger partial charge in [-0.15, -0.1) is 0 Å². The van der Waals surface area contributed by atoms with Crippen LogP contribution in [0.4, 0.5) is 0 Å². The van der Waals surface area contributed by atoms with Crippen LogP contribution in [0.1, 0.15) is 5.82 Å². The first-order chi connectivity index (χ1) is 8.11. The summed E-state index contributed by atoms with van der Waals surface area (Å²) in [6.07, 6.45) is 1.69. The lowest BCUT2D eigenvalue weighted by molar-refractivity contribution is 0.415. The molecule has 2 aromatic rings. The number of aromatic nitrogens is 2. The fourth-order valence-electron chi connectivity index (χ4n) is 1.49. The Balaban J connectivity index is 2.56. The normalized spacial score (nSPS) is 10.4. The molecule has 0 atom stereocenters. The van der Waals surface area contributed by atoms with Gasteiger partial charge >= 0.3 is 0 Å². The molecular formula is C12H10Cl2N2O. The summed E-state index contributed by atoms with van der Waals surface area (Å²) in [5, 5.41) is 1.05. The quantitative estimate of drug-likeness (QED) is 0.832. The largest absolute Gasteiger partial charge is 0.495 e. The Kier molecular flexibility index (Phi) is 3.50. The van der Waals surface area contributed by atoms with Gasteiger partial charge in [0.15, 0.2) is 0 Å². The first-order valence-electron chi connectivity index (χ1n) is 4.95. The molecular weight excluding hydrogens is 259 g/mol. The lowest BCUT2D eigenvalue weighted by atomic mass is 10.1. The molecule has 0 radical (unpaired) electrons. The maximum atomic E-state index is 6.17. The van der Waals surface area contributed by atoms with E-state index in [-0.39, 0.29) is 0 Å². The minimum atomic E-state index is 0.503. The van der Waals surface area contributed by atoms with Gasteiger partial charge in [-0.1, -0.05) is 23.2 Å². The third-order valence-corrected chi connectivity index (χ3v) is 2.90. The van der Waals surface area contributed by atoms with Gasteiger partial charge in [0, 0.05) is 17.8 Å². The van der Waals surface area contributed by atoms with E-state index in [1.807, 2.05) is 6.92 Å². The third kappa shape index (κ3) is 2.51. The van der Waals surface area contributed by atoms with Crippen LogP contribution in [0, 0.1) is 6.92 Å². The SMILES string of the molecule is COc1cc(Cl)c(-c2ccnc(C)n2)cc1Cl. The van der Waals surface area contributed by atoms with Crippen LogP contribution in [0.2, 0.25) is 10.0 Å². The van der Waals surface area contributed by atoms with Gasteiger partial charge in [-0.25, -0.2) is 9.97 Å². The molecule has 0 saturated carbocycles. The van der Waals surface area contributed by atoms with E-state index >= 15 is 0 Å². The number of rotatable bonds is 2. The van der Waals surface area contributed by atoms with Crippen molar-refractivity contribution >= 4 is 23.2 Å². The van der Waals surface area contributed by atoms with Crippen molar-refractivity contribution in [1.82, 2.24) is 9.97 Å². The highest BCUT2D eigenvalue weighted by Gasteiger charge is 2.10. The zero-order valence-electron chi connectivity index (χ0n) is 9.37. The van der Waals surface area contributed by atoms with Crippen molar-refractivity contribution in [3.63, 3.8) is 0 Å². The first kappa shape index (κ1) is 12.1. The van der Waals surface area contributed by atoms with E-state index in [1.165, 1.54) is 0 Å². The molecule has 5 heteroatoms. The summed E-state index contributed by atoms with van der Waals surface area (Å²) < 4.78 is 5.09. The highest BCUT2D eigenvalue weighted by Crippen LogP contribution is 2.35. The molecule has 17 heavy (non-hydrogen) atoms.